The van der Waals surface area contributed by atoms with E-state index in [4.69, 9.17) is 11.6 Å². The summed E-state index contributed by atoms with van der Waals surface area (Å²) < 4.78 is 27.4. The van der Waals surface area contributed by atoms with E-state index in [1.54, 1.807) is 22.4 Å². The van der Waals surface area contributed by atoms with Crippen LogP contribution in [-0.2, 0) is 21.2 Å². The van der Waals surface area contributed by atoms with Gasteiger partial charge >= 0.3 is 0 Å². The van der Waals surface area contributed by atoms with Crippen molar-refractivity contribution in [2.24, 2.45) is 0 Å². The third-order valence-corrected chi connectivity index (χ3v) is 7.42. The zero-order valence-corrected chi connectivity index (χ0v) is 18.9. The molecular weight excluding hydrogens is 456 g/mol. The minimum absolute atomic E-state index is 0.0115. The fourth-order valence-corrected chi connectivity index (χ4v) is 5.46. The van der Waals surface area contributed by atoms with E-state index in [1.807, 2.05) is 24.3 Å². The Bertz CT molecular complexity index is 1150. The molecule has 0 radical (unpaired) electrons. The molecule has 1 aliphatic heterocycles. The summed E-state index contributed by atoms with van der Waals surface area (Å²) in [5.74, 6) is -0.0115. The zero-order chi connectivity index (χ0) is 21.8. The molecule has 10 heteroatoms. The molecule has 2 aromatic carbocycles. The lowest BCUT2D eigenvalue weighted by atomic mass is 10.1. The number of carbonyl (C=O) groups is 1. The Labute approximate surface area is 190 Å². The maximum atomic E-state index is 12.8. The molecule has 1 atom stereocenters. The summed E-state index contributed by atoms with van der Waals surface area (Å²) >= 11 is 7.22. The molecule has 0 spiro atoms. The van der Waals surface area contributed by atoms with Crippen LogP contribution in [0.3, 0.4) is 0 Å². The van der Waals surface area contributed by atoms with Gasteiger partial charge in [-0.1, -0.05) is 23.7 Å². The quantitative estimate of drug-likeness (QED) is 0.519. The average molecular weight is 477 g/mol. The third kappa shape index (κ3) is 5.24. The molecule has 1 amide bonds. The Balaban J connectivity index is 1.35. The zero-order valence-electron chi connectivity index (χ0n) is 16.5. The van der Waals surface area contributed by atoms with E-state index in [1.165, 1.54) is 29.7 Å². The summed E-state index contributed by atoms with van der Waals surface area (Å²) in [5.41, 5.74) is 1.79. The normalized spacial score (nSPS) is 16.6. The first kappa shape index (κ1) is 21.8. The molecule has 1 fully saturated rings. The summed E-state index contributed by atoms with van der Waals surface area (Å²) in [7, 11) is -3.72. The number of sulfonamides is 1. The predicted octanol–water partition coefficient (Wildman–Crippen LogP) is 3.53. The van der Waals surface area contributed by atoms with Crippen LogP contribution in [0.1, 0.15) is 12.0 Å². The molecule has 1 aromatic heterocycles. The number of benzene rings is 2. The van der Waals surface area contributed by atoms with Crippen molar-refractivity contribution >= 4 is 49.7 Å². The van der Waals surface area contributed by atoms with Crippen molar-refractivity contribution in [1.82, 2.24) is 10.3 Å². The second-order valence-electron chi connectivity index (χ2n) is 7.10. The largest absolute Gasteiger partial charge is 0.311 e. The van der Waals surface area contributed by atoms with Crippen LogP contribution in [0.15, 0.2) is 65.0 Å². The van der Waals surface area contributed by atoms with Crippen LogP contribution in [0, 0.1) is 0 Å². The van der Waals surface area contributed by atoms with E-state index in [0.29, 0.717) is 35.4 Å². The minimum atomic E-state index is -3.72. The Kier molecular flexibility index (Phi) is 6.57. The standard InChI is InChI=1S/C21H21ClN4O3S2/c22-16-3-1-2-15(14-16)8-10-23-19-9-12-26(20(19)27)17-4-6-18(7-5-17)31(28,29)25-21-24-11-13-30-21/h1-7,11,13-14,19,23H,8-10,12H2,(H,24,25). The summed E-state index contributed by atoms with van der Waals surface area (Å²) in [6, 6.07) is 13.7. The molecule has 7 nitrogen and oxygen atoms in total. The van der Waals surface area contributed by atoms with Crippen molar-refractivity contribution < 1.29 is 13.2 Å². The lowest BCUT2D eigenvalue weighted by Crippen LogP contribution is -2.39. The first-order valence-electron chi connectivity index (χ1n) is 9.74. The Morgan fingerprint density at radius 2 is 2.00 bits per heavy atom. The van der Waals surface area contributed by atoms with Gasteiger partial charge in [0.25, 0.3) is 10.0 Å². The highest BCUT2D eigenvalue weighted by atomic mass is 35.5. The number of nitrogens with zero attached hydrogens (tertiary/aromatic N) is 2. The molecule has 3 aromatic rings. The maximum Gasteiger partial charge on any atom is 0.263 e. The van der Waals surface area contributed by atoms with Crippen molar-refractivity contribution in [3.8, 4) is 0 Å². The highest BCUT2D eigenvalue weighted by molar-refractivity contribution is 7.93. The van der Waals surface area contributed by atoms with E-state index < -0.39 is 10.0 Å². The molecule has 0 aliphatic carbocycles. The van der Waals surface area contributed by atoms with E-state index in [-0.39, 0.29) is 16.8 Å². The van der Waals surface area contributed by atoms with Gasteiger partial charge < -0.3 is 10.2 Å². The van der Waals surface area contributed by atoms with E-state index >= 15 is 0 Å². The topological polar surface area (TPSA) is 91.4 Å². The molecule has 0 saturated carbocycles. The molecule has 162 valence electrons. The fourth-order valence-electron chi connectivity index (χ4n) is 3.46. The molecule has 31 heavy (non-hydrogen) atoms. The van der Waals surface area contributed by atoms with Gasteiger partial charge in [0, 0.05) is 28.8 Å². The number of amides is 1. The van der Waals surface area contributed by atoms with Crippen LogP contribution < -0.4 is 14.9 Å². The van der Waals surface area contributed by atoms with Crippen molar-refractivity contribution in [1.29, 1.82) is 0 Å². The van der Waals surface area contributed by atoms with Gasteiger partial charge in [-0.15, -0.1) is 11.3 Å². The van der Waals surface area contributed by atoms with E-state index in [0.717, 1.165) is 12.0 Å². The monoisotopic (exact) mass is 476 g/mol. The number of carbonyl (C=O) groups excluding carboxylic acids is 1. The Morgan fingerprint density at radius 3 is 2.71 bits per heavy atom. The lowest BCUT2D eigenvalue weighted by molar-refractivity contribution is -0.118. The minimum Gasteiger partial charge on any atom is -0.311 e. The van der Waals surface area contributed by atoms with Crippen LogP contribution >= 0.6 is 22.9 Å². The van der Waals surface area contributed by atoms with E-state index in [2.05, 4.69) is 15.0 Å². The molecule has 1 saturated heterocycles. The number of aromatic nitrogens is 1. The number of rotatable bonds is 8. The molecule has 2 heterocycles. The third-order valence-electron chi connectivity index (χ3n) is 5.01. The highest BCUT2D eigenvalue weighted by Crippen LogP contribution is 2.25. The molecule has 0 bridgehead atoms. The van der Waals surface area contributed by atoms with Crippen LogP contribution in [-0.4, -0.2) is 38.4 Å². The number of halogens is 1. The van der Waals surface area contributed by atoms with Crippen molar-refractivity contribution in [3.05, 3.63) is 70.7 Å². The number of hydrogen-bond donors (Lipinski definition) is 2. The molecule has 2 N–H and O–H groups in total. The van der Waals surface area contributed by atoms with Crippen LogP contribution in [0.5, 0.6) is 0 Å². The van der Waals surface area contributed by atoms with Gasteiger partial charge in [0.1, 0.15) is 0 Å². The van der Waals surface area contributed by atoms with Crippen molar-refractivity contribution in [3.63, 3.8) is 0 Å². The smallest absolute Gasteiger partial charge is 0.263 e. The van der Waals surface area contributed by atoms with Crippen molar-refractivity contribution in [2.45, 2.75) is 23.8 Å². The number of thiazole rings is 1. The van der Waals surface area contributed by atoms with Gasteiger partial charge in [-0.05, 0) is 61.3 Å². The number of nitrogens with one attached hydrogen (secondary N) is 2. The molecule has 1 aliphatic rings. The Hall–Kier alpha value is -2.46. The predicted molar refractivity (Wildman–Crippen MR) is 123 cm³/mol. The number of hydrogen-bond acceptors (Lipinski definition) is 6. The van der Waals surface area contributed by atoms with Gasteiger partial charge in [0.05, 0.1) is 10.9 Å². The summed E-state index contributed by atoms with van der Waals surface area (Å²) in [5, 5.41) is 6.02. The first-order chi connectivity index (χ1) is 14.9. The van der Waals surface area contributed by atoms with E-state index in [9.17, 15) is 13.2 Å². The number of anilines is 2. The van der Waals surface area contributed by atoms with Crippen LogP contribution in [0.25, 0.3) is 0 Å². The SMILES string of the molecule is O=C1C(NCCc2cccc(Cl)c2)CCN1c1ccc(S(=O)(=O)Nc2nccs2)cc1. The maximum absolute atomic E-state index is 12.8. The molecule has 4 rings (SSSR count). The molecular formula is C21H21ClN4O3S2. The molecule has 1 unspecified atom stereocenters. The van der Waals surface area contributed by atoms with Gasteiger partial charge in [-0.3, -0.25) is 9.52 Å². The van der Waals surface area contributed by atoms with Gasteiger partial charge in [-0.2, -0.15) is 0 Å². The average Bonchev–Trinajstić information content (AvgIpc) is 3.38. The summed E-state index contributed by atoms with van der Waals surface area (Å²) in [6.07, 6.45) is 3.01. The van der Waals surface area contributed by atoms with Gasteiger partial charge in [0.15, 0.2) is 5.13 Å². The van der Waals surface area contributed by atoms with Gasteiger partial charge in [-0.25, -0.2) is 13.4 Å². The Morgan fingerprint density at radius 1 is 1.19 bits per heavy atom. The van der Waals surface area contributed by atoms with Crippen LogP contribution in [0.4, 0.5) is 10.8 Å². The summed E-state index contributed by atoms with van der Waals surface area (Å²) in [6.45, 7) is 1.25. The highest BCUT2D eigenvalue weighted by Gasteiger charge is 2.32. The van der Waals surface area contributed by atoms with Gasteiger partial charge in [0.2, 0.25) is 5.91 Å². The first-order valence-corrected chi connectivity index (χ1v) is 12.5. The summed E-state index contributed by atoms with van der Waals surface area (Å²) in [4.78, 5) is 18.5. The van der Waals surface area contributed by atoms with Crippen LogP contribution in [0.2, 0.25) is 5.02 Å². The second kappa shape index (κ2) is 9.35. The lowest BCUT2D eigenvalue weighted by Gasteiger charge is -2.18. The fraction of sp³-hybridized carbons (Fsp3) is 0.238. The van der Waals surface area contributed by atoms with Crippen molar-refractivity contribution in [2.75, 3.05) is 22.7 Å². The second-order valence-corrected chi connectivity index (χ2v) is 10.1.